The van der Waals surface area contributed by atoms with Gasteiger partial charge in [-0.05, 0) is 46.1 Å². The molecular formula is C14H25N5. The molecule has 3 rings (SSSR count). The number of rotatable bonds is 3. The van der Waals surface area contributed by atoms with Crippen LogP contribution in [0.1, 0.15) is 57.2 Å². The Kier molecular flexibility index (Phi) is 3.58. The summed E-state index contributed by atoms with van der Waals surface area (Å²) in [5.41, 5.74) is 6.11. The molecule has 5 nitrogen and oxygen atoms in total. The van der Waals surface area contributed by atoms with Gasteiger partial charge in [-0.3, -0.25) is 4.90 Å². The highest BCUT2D eigenvalue weighted by molar-refractivity contribution is 5.05. The summed E-state index contributed by atoms with van der Waals surface area (Å²) in [6, 6.07) is 1.34. The lowest BCUT2D eigenvalue weighted by molar-refractivity contribution is 0.199. The van der Waals surface area contributed by atoms with Gasteiger partial charge in [-0.15, -0.1) is 10.2 Å². The SMILES string of the molecule is CC(C)N1CCCC1Cc1nnc2n1CCCC2N. The Balaban J connectivity index is 1.77. The van der Waals surface area contributed by atoms with Crippen LogP contribution in [0.25, 0.3) is 0 Å². The summed E-state index contributed by atoms with van der Waals surface area (Å²) < 4.78 is 2.27. The van der Waals surface area contributed by atoms with E-state index in [1.54, 1.807) is 0 Å². The minimum absolute atomic E-state index is 0.0831. The number of fused-ring (bicyclic) bond motifs is 1. The normalized spacial score (nSPS) is 28.0. The number of hydrogen-bond donors (Lipinski definition) is 1. The van der Waals surface area contributed by atoms with Gasteiger partial charge in [0.25, 0.3) is 0 Å². The van der Waals surface area contributed by atoms with Crippen LogP contribution < -0.4 is 5.73 Å². The second kappa shape index (κ2) is 5.21. The third-order valence-electron chi connectivity index (χ3n) is 4.59. The molecule has 1 aromatic heterocycles. The smallest absolute Gasteiger partial charge is 0.149 e. The van der Waals surface area contributed by atoms with E-state index in [1.807, 2.05) is 0 Å². The van der Waals surface area contributed by atoms with Gasteiger partial charge in [0.05, 0.1) is 6.04 Å². The molecule has 0 amide bonds. The van der Waals surface area contributed by atoms with Gasteiger partial charge in [-0.1, -0.05) is 0 Å². The van der Waals surface area contributed by atoms with Crippen molar-refractivity contribution in [3.63, 3.8) is 0 Å². The van der Waals surface area contributed by atoms with E-state index in [0.29, 0.717) is 12.1 Å². The van der Waals surface area contributed by atoms with Crippen molar-refractivity contribution in [2.75, 3.05) is 6.54 Å². The molecule has 2 aliphatic rings. The highest BCUT2D eigenvalue weighted by Gasteiger charge is 2.30. The molecule has 0 aliphatic carbocycles. The predicted octanol–water partition coefficient (Wildman–Crippen LogP) is 1.49. The Hall–Kier alpha value is -0.940. The third kappa shape index (κ3) is 2.41. The van der Waals surface area contributed by atoms with E-state index in [4.69, 9.17) is 5.73 Å². The summed E-state index contributed by atoms with van der Waals surface area (Å²) in [5, 5.41) is 8.73. The third-order valence-corrected chi connectivity index (χ3v) is 4.59. The molecule has 3 heterocycles. The molecule has 1 aromatic rings. The zero-order valence-corrected chi connectivity index (χ0v) is 12.0. The Morgan fingerprint density at radius 1 is 1.21 bits per heavy atom. The monoisotopic (exact) mass is 263 g/mol. The standard InChI is InChI=1S/C14H25N5/c1-10(2)18-7-3-5-11(18)9-13-16-17-14-12(15)6-4-8-19(13)14/h10-12H,3-9,15H2,1-2H3. The van der Waals surface area contributed by atoms with Crippen LogP contribution >= 0.6 is 0 Å². The second-order valence-electron chi connectivity index (χ2n) is 6.21. The van der Waals surface area contributed by atoms with E-state index in [1.165, 1.54) is 19.4 Å². The zero-order chi connectivity index (χ0) is 13.4. The number of likely N-dealkylation sites (tertiary alicyclic amines) is 1. The Labute approximate surface area is 115 Å². The van der Waals surface area contributed by atoms with Crippen molar-refractivity contribution in [2.24, 2.45) is 5.73 Å². The quantitative estimate of drug-likeness (QED) is 0.897. The topological polar surface area (TPSA) is 60.0 Å². The van der Waals surface area contributed by atoms with Gasteiger partial charge in [0, 0.05) is 25.0 Å². The van der Waals surface area contributed by atoms with Crippen molar-refractivity contribution in [3.8, 4) is 0 Å². The molecule has 5 heteroatoms. The molecule has 2 atom stereocenters. The van der Waals surface area contributed by atoms with Crippen LogP contribution in [-0.2, 0) is 13.0 Å². The van der Waals surface area contributed by atoms with Gasteiger partial charge in [0.2, 0.25) is 0 Å². The maximum Gasteiger partial charge on any atom is 0.149 e. The number of nitrogens with zero attached hydrogens (tertiary/aromatic N) is 4. The van der Waals surface area contributed by atoms with Gasteiger partial charge in [-0.2, -0.15) is 0 Å². The molecule has 2 N–H and O–H groups in total. The molecule has 0 bridgehead atoms. The van der Waals surface area contributed by atoms with Crippen molar-refractivity contribution >= 4 is 0 Å². The average Bonchev–Trinajstić information content (AvgIpc) is 2.98. The first kappa shape index (κ1) is 13.1. The van der Waals surface area contributed by atoms with Gasteiger partial charge < -0.3 is 10.3 Å². The Morgan fingerprint density at radius 2 is 2.00 bits per heavy atom. The van der Waals surface area contributed by atoms with E-state index in [0.717, 1.165) is 37.5 Å². The molecule has 106 valence electrons. The molecule has 19 heavy (non-hydrogen) atoms. The van der Waals surface area contributed by atoms with Crippen molar-refractivity contribution in [3.05, 3.63) is 11.6 Å². The van der Waals surface area contributed by atoms with Gasteiger partial charge in [-0.25, -0.2) is 0 Å². The number of aromatic nitrogens is 3. The van der Waals surface area contributed by atoms with Crippen molar-refractivity contribution in [1.82, 2.24) is 19.7 Å². The second-order valence-corrected chi connectivity index (χ2v) is 6.21. The first-order valence-electron chi connectivity index (χ1n) is 7.60. The highest BCUT2D eigenvalue weighted by atomic mass is 15.3. The van der Waals surface area contributed by atoms with Crippen LogP contribution in [0.2, 0.25) is 0 Å². The molecule has 1 saturated heterocycles. The van der Waals surface area contributed by atoms with Crippen LogP contribution in [0.5, 0.6) is 0 Å². The fraction of sp³-hybridized carbons (Fsp3) is 0.857. The molecule has 2 aliphatic heterocycles. The Morgan fingerprint density at radius 3 is 2.79 bits per heavy atom. The fourth-order valence-electron chi connectivity index (χ4n) is 3.58. The van der Waals surface area contributed by atoms with E-state index in [9.17, 15) is 0 Å². The van der Waals surface area contributed by atoms with E-state index in [-0.39, 0.29) is 6.04 Å². The molecule has 0 aromatic carbocycles. The summed E-state index contributed by atoms with van der Waals surface area (Å²) in [5.74, 6) is 2.14. The molecule has 0 saturated carbocycles. The van der Waals surface area contributed by atoms with Crippen LogP contribution in [0.4, 0.5) is 0 Å². The van der Waals surface area contributed by atoms with E-state index in [2.05, 4.69) is 33.5 Å². The zero-order valence-electron chi connectivity index (χ0n) is 12.0. The molecule has 1 fully saturated rings. The average molecular weight is 263 g/mol. The lowest BCUT2D eigenvalue weighted by atomic mass is 10.1. The highest BCUT2D eigenvalue weighted by Crippen LogP contribution is 2.26. The van der Waals surface area contributed by atoms with Crippen LogP contribution in [0.3, 0.4) is 0 Å². The first-order chi connectivity index (χ1) is 9.16. The summed E-state index contributed by atoms with van der Waals surface area (Å²) in [6.45, 7) is 6.84. The first-order valence-corrected chi connectivity index (χ1v) is 7.60. The summed E-state index contributed by atoms with van der Waals surface area (Å²) in [7, 11) is 0. The van der Waals surface area contributed by atoms with Crippen LogP contribution in [0, 0.1) is 0 Å². The Bertz CT molecular complexity index is 439. The fourth-order valence-corrected chi connectivity index (χ4v) is 3.58. The van der Waals surface area contributed by atoms with Gasteiger partial charge in [0.1, 0.15) is 11.6 Å². The minimum Gasteiger partial charge on any atom is -0.321 e. The number of nitrogens with two attached hydrogens (primary N) is 1. The van der Waals surface area contributed by atoms with E-state index < -0.39 is 0 Å². The van der Waals surface area contributed by atoms with Gasteiger partial charge >= 0.3 is 0 Å². The molecular weight excluding hydrogens is 238 g/mol. The van der Waals surface area contributed by atoms with Crippen molar-refractivity contribution in [1.29, 1.82) is 0 Å². The molecule has 2 unspecified atom stereocenters. The minimum atomic E-state index is 0.0831. The summed E-state index contributed by atoms with van der Waals surface area (Å²) in [4.78, 5) is 2.60. The summed E-state index contributed by atoms with van der Waals surface area (Å²) in [6.07, 6.45) is 5.81. The maximum atomic E-state index is 6.11. The predicted molar refractivity (Wildman–Crippen MR) is 74.8 cm³/mol. The summed E-state index contributed by atoms with van der Waals surface area (Å²) >= 11 is 0. The van der Waals surface area contributed by atoms with Crippen molar-refractivity contribution in [2.45, 2.75) is 70.6 Å². The largest absolute Gasteiger partial charge is 0.321 e. The molecule has 0 radical (unpaired) electrons. The lowest BCUT2D eigenvalue weighted by Crippen LogP contribution is -2.37. The van der Waals surface area contributed by atoms with Gasteiger partial charge in [0.15, 0.2) is 0 Å². The van der Waals surface area contributed by atoms with Crippen molar-refractivity contribution < 1.29 is 0 Å². The maximum absolute atomic E-state index is 6.11. The lowest BCUT2D eigenvalue weighted by Gasteiger charge is -2.28. The molecule has 0 spiro atoms. The van der Waals surface area contributed by atoms with Crippen LogP contribution in [-0.4, -0.2) is 38.3 Å². The van der Waals surface area contributed by atoms with Crippen LogP contribution in [0.15, 0.2) is 0 Å². The van der Waals surface area contributed by atoms with E-state index >= 15 is 0 Å². The number of hydrogen-bond acceptors (Lipinski definition) is 4.